The van der Waals surface area contributed by atoms with E-state index in [0.29, 0.717) is 12.1 Å². The molecule has 0 aromatic carbocycles. The van der Waals surface area contributed by atoms with Gasteiger partial charge in [-0.25, -0.2) is 0 Å². The molecule has 6 nitrogen and oxygen atoms in total. The second kappa shape index (κ2) is 6.26. The summed E-state index contributed by atoms with van der Waals surface area (Å²) < 4.78 is 7.85. The molecule has 3 aliphatic heterocycles. The number of aromatic nitrogens is 3. The number of rotatable bonds is 3. The molecule has 4 heterocycles. The first kappa shape index (κ1) is 14.6. The highest BCUT2D eigenvalue weighted by Gasteiger charge is 2.36. The smallest absolute Gasteiger partial charge is 0.147 e. The highest BCUT2D eigenvalue weighted by molar-refractivity contribution is 5.01. The van der Waals surface area contributed by atoms with Gasteiger partial charge >= 0.3 is 0 Å². The largest absolute Gasteiger partial charge is 0.379 e. The molecule has 0 bridgehead atoms. The summed E-state index contributed by atoms with van der Waals surface area (Å²) in [4.78, 5) is 5.21. The summed E-state index contributed by atoms with van der Waals surface area (Å²) in [6.45, 7) is 9.56. The third kappa shape index (κ3) is 2.68. The van der Waals surface area contributed by atoms with Crippen LogP contribution in [0, 0.1) is 0 Å². The van der Waals surface area contributed by atoms with Gasteiger partial charge in [0, 0.05) is 44.7 Å². The first-order valence-corrected chi connectivity index (χ1v) is 8.80. The Labute approximate surface area is 132 Å². The second-order valence-corrected chi connectivity index (χ2v) is 6.86. The summed E-state index contributed by atoms with van der Waals surface area (Å²) >= 11 is 0. The lowest BCUT2D eigenvalue weighted by Gasteiger charge is -2.35. The standard InChI is InChI=1S/C16H27N5O/c1-13-14(19-8-10-22-11-9-19)5-7-20(13)12-16-18-17-15-4-2-3-6-21(15)16/h13-14H,2-12H2,1H3/t13-,14-/m1/s1. The van der Waals surface area contributed by atoms with Gasteiger partial charge in [0.05, 0.1) is 19.8 Å². The van der Waals surface area contributed by atoms with E-state index in [1.807, 2.05) is 0 Å². The summed E-state index contributed by atoms with van der Waals surface area (Å²) in [6.07, 6.45) is 4.89. The molecule has 0 radical (unpaired) electrons. The van der Waals surface area contributed by atoms with Crippen LogP contribution in [0.25, 0.3) is 0 Å². The van der Waals surface area contributed by atoms with E-state index in [4.69, 9.17) is 4.74 Å². The Morgan fingerprint density at radius 1 is 1.09 bits per heavy atom. The molecular formula is C16H27N5O. The van der Waals surface area contributed by atoms with Crippen LogP contribution in [0.1, 0.15) is 37.8 Å². The predicted molar refractivity (Wildman–Crippen MR) is 83.6 cm³/mol. The fraction of sp³-hybridized carbons (Fsp3) is 0.875. The Kier molecular flexibility index (Phi) is 4.15. The molecule has 0 saturated carbocycles. The van der Waals surface area contributed by atoms with Crippen molar-refractivity contribution in [3.8, 4) is 0 Å². The highest BCUT2D eigenvalue weighted by atomic mass is 16.5. The molecule has 0 amide bonds. The van der Waals surface area contributed by atoms with Gasteiger partial charge < -0.3 is 9.30 Å². The summed E-state index contributed by atoms with van der Waals surface area (Å²) in [6, 6.07) is 1.27. The summed E-state index contributed by atoms with van der Waals surface area (Å²) in [5, 5.41) is 8.86. The molecule has 3 aliphatic rings. The molecule has 122 valence electrons. The van der Waals surface area contributed by atoms with Gasteiger partial charge in [-0.3, -0.25) is 9.80 Å². The molecule has 0 spiro atoms. The molecule has 0 unspecified atom stereocenters. The van der Waals surface area contributed by atoms with E-state index in [2.05, 4.69) is 31.5 Å². The molecule has 2 atom stereocenters. The van der Waals surface area contributed by atoms with Crippen LogP contribution in [0.3, 0.4) is 0 Å². The molecular weight excluding hydrogens is 278 g/mol. The van der Waals surface area contributed by atoms with Crippen LogP contribution in [-0.2, 0) is 24.2 Å². The van der Waals surface area contributed by atoms with Gasteiger partial charge in [-0.05, 0) is 26.2 Å². The molecule has 22 heavy (non-hydrogen) atoms. The Balaban J connectivity index is 1.42. The lowest BCUT2D eigenvalue weighted by atomic mass is 10.1. The van der Waals surface area contributed by atoms with Crippen LogP contribution in [0.15, 0.2) is 0 Å². The number of hydrogen-bond acceptors (Lipinski definition) is 5. The van der Waals surface area contributed by atoms with Crippen molar-refractivity contribution in [2.45, 2.75) is 57.8 Å². The average molecular weight is 305 g/mol. The van der Waals surface area contributed by atoms with Crippen molar-refractivity contribution in [3.05, 3.63) is 11.6 Å². The summed E-state index contributed by atoms with van der Waals surface area (Å²) in [5.74, 6) is 2.36. The van der Waals surface area contributed by atoms with E-state index in [0.717, 1.165) is 45.8 Å². The van der Waals surface area contributed by atoms with E-state index in [-0.39, 0.29) is 0 Å². The number of ether oxygens (including phenoxy) is 1. The van der Waals surface area contributed by atoms with Gasteiger partial charge in [-0.15, -0.1) is 10.2 Å². The number of likely N-dealkylation sites (tertiary alicyclic amines) is 1. The van der Waals surface area contributed by atoms with Crippen molar-refractivity contribution in [3.63, 3.8) is 0 Å². The molecule has 0 aliphatic carbocycles. The molecule has 0 N–H and O–H groups in total. The summed E-state index contributed by atoms with van der Waals surface area (Å²) in [5.41, 5.74) is 0. The Hall–Kier alpha value is -0.980. The van der Waals surface area contributed by atoms with Gasteiger partial charge in [0.1, 0.15) is 11.6 Å². The van der Waals surface area contributed by atoms with E-state index >= 15 is 0 Å². The SMILES string of the molecule is C[C@@H]1[C@H](N2CCOCC2)CCN1Cc1nnc2n1CCCC2. The maximum absolute atomic E-state index is 5.49. The highest BCUT2D eigenvalue weighted by Crippen LogP contribution is 2.26. The Bertz CT molecular complexity index is 511. The normalized spacial score (nSPS) is 30.6. The molecule has 6 heteroatoms. The van der Waals surface area contributed by atoms with Crippen LogP contribution < -0.4 is 0 Å². The minimum atomic E-state index is 0.592. The zero-order valence-corrected chi connectivity index (χ0v) is 13.6. The van der Waals surface area contributed by atoms with Crippen molar-refractivity contribution in [1.82, 2.24) is 24.6 Å². The molecule has 1 aromatic rings. The van der Waals surface area contributed by atoms with E-state index < -0.39 is 0 Å². The van der Waals surface area contributed by atoms with Crippen molar-refractivity contribution < 1.29 is 4.74 Å². The second-order valence-electron chi connectivity index (χ2n) is 6.86. The van der Waals surface area contributed by atoms with Crippen LogP contribution in [0.2, 0.25) is 0 Å². The number of morpholine rings is 1. The van der Waals surface area contributed by atoms with Crippen molar-refractivity contribution in [2.24, 2.45) is 0 Å². The fourth-order valence-corrected chi connectivity index (χ4v) is 4.27. The maximum Gasteiger partial charge on any atom is 0.147 e. The lowest BCUT2D eigenvalue weighted by Crippen LogP contribution is -2.48. The molecule has 2 fully saturated rings. The lowest BCUT2D eigenvalue weighted by molar-refractivity contribution is 0.00966. The quantitative estimate of drug-likeness (QED) is 0.831. The van der Waals surface area contributed by atoms with Crippen molar-refractivity contribution in [1.29, 1.82) is 0 Å². The number of hydrogen-bond donors (Lipinski definition) is 0. The number of nitrogens with zero attached hydrogens (tertiary/aromatic N) is 5. The van der Waals surface area contributed by atoms with Gasteiger partial charge in [0.2, 0.25) is 0 Å². The molecule has 4 rings (SSSR count). The van der Waals surface area contributed by atoms with Crippen LogP contribution in [0.4, 0.5) is 0 Å². The van der Waals surface area contributed by atoms with Gasteiger partial charge in [-0.2, -0.15) is 0 Å². The predicted octanol–water partition coefficient (Wildman–Crippen LogP) is 0.909. The van der Waals surface area contributed by atoms with Gasteiger partial charge in [0.15, 0.2) is 0 Å². The summed E-state index contributed by atoms with van der Waals surface area (Å²) in [7, 11) is 0. The van der Waals surface area contributed by atoms with Crippen LogP contribution in [-0.4, -0.2) is 69.5 Å². The first-order chi connectivity index (χ1) is 10.8. The number of fused-ring (bicyclic) bond motifs is 1. The average Bonchev–Trinajstić information content (AvgIpc) is 3.14. The van der Waals surface area contributed by atoms with E-state index in [1.165, 1.54) is 37.5 Å². The van der Waals surface area contributed by atoms with Crippen LogP contribution >= 0.6 is 0 Å². The van der Waals surface area contributed by atoms with E-state index in [1.54, 1.807) is 0 Å². The topological polar surface area (TPSA) is 46.4 Å². The third-order valence-corrected chi connectivity index (χ3v) is 5.64. The minimum Gasteiger partial charge on any atom is -0.379 e. The minimum absolute atomic E-state index is 0.592. The maximum atomic E-state index is 5.49. The van der Waals surface area contributed by atoms with Crippen molar-refractivity contribution in [2.75, 3.05) is 32.8 Å². The van der Waals surface area contributed by atoms with Crippen molar-refractivity contribution >= 4 is 0 Å². The monoisotopic (exact) mass is 305 g/mol. The molecule has 1 aromatic heterocycles. The fourth-order valence-electron chi connectivity index (χ4n) is 4.27. The Morgan fingerprint density at radius 2 is 1.95 bits per heavy atom. The first-order valence-electron chi connectivity index (χ1n) is 8.80. The zero-order valence-electron chi connectivity index (χ0n) is 13.6. The Morgan fingerprint density at radius 3 is 2.82 bits per heavy atom. The number of aryl methyl sites for hydroxylation is 1. The van der Waals surface area contributed by atoms with Gasteiger partial charge in [0.25, 0.3) is 0 Å². The van der Waals surface area contributed by atoms with E-state index in [9.17, 15) is 0 Å². The zero-order chi connectivity index (χ0) is 14.9. The van der Waals surface area contributed by atoms with Gasteiger partial charge in [-0.1, -0.05) is 0 Å². The third-order valence-electron chi connectivity index (χ3n) is 5.64. The molecule has 2 saturated heterocycles. The van der Waals surface area contributed by atoms with Crippen LogP contribution in [0.5, 0.6) is 0 Å².